The number of rotatable bonds is 23. The SMILES string of the molecule is CCO[C@@H](Cn1c(=NC(=O)c2cc(C)nn2CC)n(C)c2cc(C(N)=O)cc(OCc3ccc(OC)cc3)c21)[C@H](Cn1c(=NC(=O)c2cc(C)nn2CC)n(C)c2cc(C(N)=O)cc(OCc3ccc(OC)cc3)c21)OCC. The molecule has 0 radical (unpaired) electrons. The summed E-state index contributed by atoms with van der Waals surface area (Å²) < 4.78 is 47.6. The maximum Gasteiger partial charge on any atom is 0.298 e. The second-order valence-corrected chi connectivity index (χ2v) is 18.4. The van der Waals surface area contributed by atoms with Gasteiger partial charge in [-0.2, -0.15) is 20.2 Å². The van der Waals surface area contributed by atoms with Gasteiger partial charge in [0.2, 0.25) is 23.1 Å². The van der Waals surface area contributed by atoms with Gasteiger partial charge >= 0.3 is 0 Å². The number of benzene rings is 4. The molecule has 4 N–H and O–H groups in total. The Morgan fingerprint density at radius 3 is 1.26 bits per heavy atom. The minimum absolute atomic E-state index is 0.0127. The number of aryl methyl sites for hydroxylation is 6. The second-order valence-electron chi connectivity index (χ2n) is 18.4. The summed E-state index contributed by atoms with van der Waals surface area (Å²) in [5.41, 5.74) is 17.9. The average Bonchev–Trinajstić information content (AvgIpc) is 4.25. The molecule has 22 nitrogen and oxygen atoms in total. The quantitative estimate of drug-likeness (QED) is 0.0784. The van der Waals surface area contributed by atoms with Gasteiger partial charge in [-0.15, -0.1) is 0 Å². The fourth-order valence-corrected chi connectivity index (χ4v) is 9.46. The molecule has 0 saturated heterocycles. The molecule has 4 heterocycles. The molecule has 2 atom stereocenters. The van der Waals surface area contributed by atoms with Gasteiger partial charge in [-0.3, -0.25) is 28.5 Å². The summed E-state index contributed by atoms with van der Waals surface area (Å²) in [6, 6.07) is 24.5. The summed E-state index contributed by atoms with van der Waals surface area (Å²) >= 11 is 0. The lowest BCUT2D eigenvalue weighted by atomic mass is 10.1. The van der Waals surface area contributed by atoms with Crippen LogP contribution in [0.1, 0.15) is 91.9 Å². The topological polar surface area (TPSA) is 256 Å². The van der Waals surface area contributed by atoms with Crippen molar-refractivity contribution in [3.05, 3.63) is 141 Å². The second kappa shape index (κ2) is 24.1. The molecule has 0 aliphatic rings. The Labute approximate surface area is 450 Å². The number of imidazole rings is 2. The molecule has 0 fully saturated rings. The van der Waals surface area contributed by atoms with Crippen LogP contribution in [-0.2, 0) is 63.0 Å². The molecule has 0 spiro atoms. The van der Waals surface area contributed by atoms with Gasteiger partial charge < -0.3 is 58.2 Å². The van der Waals surface area contributed by atoms with Crippen LogP contribution in [0.2, 0.25) is 0 Å². The predicted molar refractivity (Wildman–Crippen MR) is 289 cm³/mol. The lowest BCUT2D eigenvalue weighted by Crippen LogP contribution is -2.43. The fraction of sp³-hybridized carbons (Fsp3) is 0.357. The zero-order valence-corrected chi connectivity index (χ0v) is 45.6. The van der Waals surface area contributed by atoms with Crippen molar-refractivity contribution in [2.45, 2.75) is 93.1 Å². The van der Waals surface area contributed by atoms with E-state index in [0.717, 1.165) is 11.1 Å². The number of amides is 4. The van der Waals surface area contributed by atoms with E-state index in [4.69, 9.17) is 49.9 Å². The van der Waals surface area contributed by atoms with E-state index in [1.807, 2.05) is 85.4 Å². The molecule has 410 valence electrons. The number of aromatic nitrogens is 8. The standard InChI is InChI=1S/C56H66N12O10/c1-11-67-43(23-33(5)61-67)53(71)59-55-63(7)41-25-37(51(57)69)27-45(77-31-35-15-19-39(73-9)20-16-35)49(41)65(55)29-47(75-13-3)48(76-14-4)30-66-50-42(64(8)56(66)60-54(72)44-24-34(6)62-68(44)12-2)26-38(52(58)70)28-46(50)78-32-36-17-21-40(74-10)22-18-36/h15-28,47-48H,11-14,29-32H2,1-10H3,(H2,57,69)(H2,58,70)/t47-,48-/m0/s1. The minimum atomic E-state index is -0.854. The number of carbonyl (C=O) groups is 4. The summed E-state index contributed by atoms with van der Waals surface area (Å²) in [7, 11) is 6.64. The van der Waals surface area contributed by atoms with E-state index >= 15 is 0 Å². The van der Waals surface area contributed by atoms with E-state index in [9.17, 15) is 19.2 Å². The zero-order valence-electron chi connectivity index (χ0n) is 45.6. The third-order valence-corrected chi connectivity index (χ3v) is 13.3. The van der Waals surface area contributed by atoms with Gasteiger partial charge in [0, 0.05) is 51.5 Å². The Hall–Kier alpha value is -8.76. The molecule has 8 aromatic rings. The largest absolute Gasteiger partial charge is 0.497 e. The zero-order chi connectivity index (χ0) is 55.9. The number of primary amides is 2. The van der Waals surface area contributed by atoms with Gasteiger partial charge in [0.15, 0.2) is 0 Å². The van der Waals surface area contributed by atoms with E-state index in [2.05, 4.69) is 10.2 Å². The normalized spacial score (nSPS) is 12.8. The molecule has 4 amide bonds. The Morgan fingerprint density at radius 1 is 0.564 bits per heavy atom. The van der Waals surface area contributed by atoms with Crippen LogP contribution in [0.25, 0.3) is 22.1 Å². The third kappa shape index (κ3) is 11.6. The molecule has 4 aromatic heterocycles. The van der Waals surface area contributed by atoms with E-state index in [1.165, 1.54) is 0 Å². The highest BCUT2D eigenvalue weighted by atomic mass is 16.5. The van der Waals surface area contributed by atoms with Crippen molar-refractivity contribution in [2.24, 2.45) is 35.5 Å². The maximum absolute atomic E-state index is 14.4. The monoisotopic (exact) mass is 1070 g/mol. The van der Waals surface area contributed by atoms with Crippen LogP contribution in [0.4, 0.5) is 0 Å². The van der Waals surface area contributed by atoms with E-state index in [0.29, 0.717) is 58.0 Å². The highest BCUT2D eigenvalue weighted by Crippen LogP contribution is 2.32. The number of nitrogens with zero attached hydrogens (tertiary/aromatic N) is 10. The van der Waals surface area contributed by atoms with Crippen molar-refractivity contribution in [3.63, 3.8) is 0 Å². The van der Waals surface area contributed by atoms with Gasteiger partial charge in [0.05, 0.1) is 49.7 Å². The van der Waals surface area contributed by atoms with Gasteiger partial charge in [0.25, 0.3) is 11.8 Å². The first-order valence-corrected chi connectivity index (χ1v) is 25.6. The smallest absolute Gasteiger partial charge is 0.298 e. The molecule has 0 aliphatic heterocycles. The molecule has 0 unspecified atom stereocenters. The lowest BCUT2D eigenvalue weighted by Gasteiger charge is -2.28. The van der Waals surface area contributed by atoms with Crippen molar-refractivity contribution in [2.75, 3.05) is 27.4 Å². The van der Waals surface area contributed by atoms with E-state index in [-0.39, 0.29) is 84.8 Å². The van der Waals surface area contributed by atoms with Crippen molar-refractivity contribution in [1.29, 1.82) is 0 Å². The van der Waals surface area contributed by atoms with Crippen LogP contribution >= 0.6 is 0 Å². The number of nitrogens with two attached hydrogens (primary N) is 2. The summed E-state index contributed by atoms with van der Waals surface area (Å²) in [6.07, 6.45) is -1.71. The van der Waals surface area contributed by atoms with Crippen molar-refractivity contribution < 1.29 is 47.6 Å². The van der Waals surface area contributed by atoms with Gasteiger partial charge in [-0.1, -0.05) is 24.3 Å². The number of carbonyl (C=O) groups excluding carboxylic acids is 4. The Bertz CT molecular complexity index is 3430. The van der Waals surface area contributed by atoms with Crippen LogP contribution < -0.4 is 41.7 Å². The van der Waals surface area contributed by atoms with Crippen LogP contribution in [0.3, 0.4) is 0 Å². The number of hydrogen-bond donors (Lipinski definition) is 2. The summed E-state index contributed by atoms with van der Waals surface area (Å²) in [5, 5.41) is 9.01. The van der Waals surface area contributed by atoms with E-state index in [1.54, 1.807) is 97.1 Å². The Kier molecular flexibility index (Phi) is 17.1. The molecule has 4 aromatic carbocycles. The van der Waals surface area contributed by atoms with Crippen molar-refractivity contribution >= 4 is 45.7 Å². The van der Waals surface area contributed by atoms with Gasteiger partial charge in [-0.25, -0.2) is 0 Å². The highest BCUT2D eigenvalue weighted by molar-refractivity contribution is 6.00. The molecular formula is C56H66N12O10. The Morgan fingerprint density at radius 2 is 0.936 bits per heavy atom. The Balaban J connectivity index is 1.34. The third-order valence-electron chi connectivity index (χ3n) is 13.3. The maximum atomic E-state index is 14.4. The first kappa shape index (κ1) is 55.5. The van der Waals surface area contributed by atoms with Gasteiger partial charge in [-0.05, 0) is 113 Å². The van der Waals surface area contributed by atoms with Crippen molar-refractivity contribution in [3.8, 4) is 23.0 Å². The summed E-state index contributed by atoms with van der Waals surface area (Å²) in [4.78, 5) is 64.5. The van der Waals surface area contributed by atoms with Crippen LogP contribution in [0.5, 0.6) is 23.0 Å². The highest BCUT2D eigenvalue weighted by Gasteiger charge is 2.31. The molecule has 8 rings (SSSR count). The van der Waals surface area contributed by atoms with E-state index < -0.39 is 35.8 Å². The lowest BCUT2D eigenvalue weighted by molar-refractivity contribution is -0.0801. The van der Waals surface area contributed by atoms with Crippen molar-refractivity contribution in [1.82, 2.24) is 37.8 Å². The number of hydrogen-bond acceptors (Lipinski definition) is 12. The fourth-order valence-electron chi connectivity index (χ4n) is 9.46. The number of methoxy groups -OCH3 is 2. The molecule has 22 heteroatoms. The first-order chi connectivity index (χ1) is 37.5. The molecule has 0 saturated carbocycles. The molecule has 0 aliphatic carbocycles. The first-order valence-electron chi connectivity index (χ1n) is 25.6. The average molecular weight is 1070 g/mol. The molecular weight excluding hydrogens is 1000 g/mol. The molecule has 78 heavy (non-hydrogen) atoms. The minimum Gasteiger partial charge on any atom is -0.497 e. The number of fused-ring (bicyclic) bond motifs is 2. The summed E-state index contributed by atoms with van der Waals surface area (Å²) in [6.45, 7) is 12.5. The summed E-state index contributed by atoms with van der Waals surface area (Å²) in [5.74, 6) is -0.657. The van der Waals surface area contributed by atoms with Gasteiger partial charge in [0.1, 0.15) is 70.8 Å². The van der Waals surface area contributed by atoms with Crippen LogP contribution in [0, 0.1) is 13.8 Å². The predicted octanol–water partition coefficient (Wildman–Crippen LogP) is 5.69. The van der Waals surface area contributed by atoms with Crippen LogP contribution in [0.15, 0.2) is 94.9 Å². The number of ether oxygens (including phenoxy) is 6. The molecule has 0 bridgehead atoms. The van der Waals surface area contributed by atoms with Crippen LogP contribution in [-0.4, -0.2) is 101 Å².